The number of rotatable bonds is 13. The molecule has 0 saturated heterocycles. The van der Waals surface area contributed by atoms with Crippen LogP contribution in [0.1, 0.15) is 26.3 Å². The van der Waals surface area contributed by atoms with E-state index in [9.17, 15) is 9.18 Å². The first-order chi connectivity index (χ1) is 18.5. The first-order valence-corrected chi connectivity index (χ1v) is 13.5. The number of aromatic nitrogens is 2. The molecule has 0 spiro atoms. The number of nitrogens with zero attached hydrogens (tertiary/aromatic N) is 3. The molecular formula is C27H33ClFN7O2S. The molecular weight excluding hydrogens is 541 g/mol. The second-order valence-electron chi connectivity index (χ2n) is 9.19. The standard InChI is InChI=1S/C27H33ClFN7O2S/c1-16(2)27(37)38-14-13-36(4)12-11-32-26-23(17(3)30)24(31)33-25(34-26)18-5-8-20(9-6-18)35-39-22-15-19(28)7-10-21(22)29/h5-10,15-16,30,35H,11-14H2,1-4H3,(H3,31,32,33,34). The Morgan fingerprint density at radius 1 is 1.21 bits per heavy atom. The number of benzene rings is 2. The number of hydrogen-bond donors (Lipinski definition) is 4. The Kier molecular flexibility index (Phi) is 10.9. The predicted molar refractivity (Wildman–Crippen MR) is 157 cm³/mol. The van der Waals surface area contributed by atoms with E-state index < -0.39 is 0 Å². The average Bonchev–Trinajstić information content (AvgIpc) is 2.88. The van der Waals surface area contributed by atoms with Crippen LogP contribution in [0.2, 0.25) is 5.02 Å². The molecule has 0 amide bonds. The molecule has 208 valence electrons. The Balaban J connectivity index is 1.65. The Labute approximate surface area is 237 Å². The van der Waals surface area contributed by atoms with E-state index in [1.54, 1.807) is 26.8 Å². The number of nitrogens with one attached hydrogen (secondary N) is 3. The molecule has 9 nitrogen and oxygen atoms in total. The zero-order valence-electron chi connectivity index (χ0n) is 22.3. The zero-order chi connectivity index (χ0) is 28.5. The molecule has 0 radical (unpaired) electrons. The molecule has 0 bridgehead atoms. The monoisotopic (exact) mass is 573 g/mol. The molecule has 1 heterocycles. The smallest absolute Gasteiger partial charge is 0.308 e. The van der Waals surface area contributed by atoms with Crippen molar-refractivity contribution in [3.63, 3.8) is 0 Å². The fraction of sp³-hybridized carbons (Fsp3) is 0.333. The molecule has 0 aliphatic rings. The first-order valence-electron chi connectivity index (χ1n) is 12.4. The largest absolute Gasteiger partial charge is 0.464 e. The van der Waals surface area contributed by atoms with Crippen molar-refractivity contribution in [3.05, 3.63) is 58.9 Å². The van der Waals surface area contributed by atoms with Gasteiger partial charge in [-0.25, -0.2) is 14.4 Å². The van der Waals surface area contributed by atoms with Crippen molar-refractivity contribution in [2.75, 3.05) is 49.1 Å². The lowest BCUT2D eigenvalue weighted by Crippen LogP contribution is -2.30. The van der Waals surface area contributed by atoms with Crippen LogP contribution >= 0.6 is 23.5 Å². The molecule has 0 saturated carbocycles. The highest BCUT2D eigenvalue weighted by Crippen LogP contribution is 2.29. The van der Waals surface area contributed by atoms with Crippen LogP contribution in [0.25, 0.3) is 11.4 Å². The van der Waals surface area contributed by atoms with Gasteiger partial charge in [-0.05, 0) is 68.4 Å². The highest BCUT2D eigenvalue weighted by molar-refractivity contribution is 8.00. The van der Waals surface area contributed by atoms with Crippen molar-refractivity contribution in [2.45, 2.75) is 25.7 Å². The zero-order valence-corrected chi connectivity index (χ0v) is 23.9. The summed E-state index contributed by atoms with van der Waals surface area (Å²) in [7, 11) is 1.93. The van der Waals surface area contributed by atoms with Crippen LogP contribution in [0.4, 0.5) is 21.7 Å². The van der Waals surface area contributed by atoms with Crippen LogP contribution in [-0.2, 0) is 9.53 Å². The van der Waals surface area contributed by atoms with Gasteiger partial charge in [-0.2, -0.15) is 0 Å². The van der Waals surface area contributed by atoms with Gasteiger partial charge in [0.25, 0.3) is 0 Å². The molecule has 1 aromatic heterocycles. The highest BCUT2D eigenvalue weighted by Gasteiger charge is 2.16. The molecule has 5 N–H and O–H groups in total. The predicted octanol–water partition coefficient (Wildman–Crippen LogP) is 5.57. The molecule has 3 rings (SSSR count). The minimum absolute atomic E-state index is 0.151. The van der Waals surface area contributed by atoms with E-state index in [0.717, 1.165) is 23.2 Å². The molecule has 0 aliphatic heterocycles. The number of likely N-dealkylation sites (N-methyl/N-ethyl adjacent to an activating group) is 1. The van der Waals surface area contributed by atoms with E-state index in [4.69, 9.17) is 27.5 Å². The lowest BCUT2D eigenvalue weighted by molar-refractivity contribution is -0.147. The molecule has 0 atom stereocenters. The van der Waals surface area contributed by atoms with Gasteiger partial charge in [0.15, 0.2) is 5.82 Å². The van der Waals surface area contributed by atoms with Crippen LogP contribution in [0, 0.1) is 17.1 Å². The number of carbonyl (C=O) groups excluding carboxylic acids is 1. The summed E-state index contributed by atoms with van der Waals surface area (Å²) in [6.45, 7) is 7.34. The highest BCUT2D eigenvalue weighted by atomic mass is 35.5. The van der Waals surface area contributed by atoms with Crippen molar-refractivity contribution in [1.29, 1.82) is 5.41 Å². The topological polar surface area (TPSA) is 129 Å². The minimum atomic E-state index is -0.361. The lowest BCUT2D eigenvalue weighted by atomic mass is 10.1. The minimum Gasteiger partial charge on any atom is -0.464 e. The number of nitrogen functional groups attached to an aromatic ring is 1. The number of hydrogen-bond acceptors (Lipinski definition) is 10. The average molecular weight is 574 g/mol. The second-order valence-corrected chi connectivity index (χ2v) is 10.5. The van der Waals surface area contributed by atoms with E-state index >= 15 is 0 Å². The van der Waals surface area contributed by atoms with Gasteiger partial charge >= 0.3 is 5.97 Å². The van der Waals surface area contributed by atoms with Gasteiger partial charge in [0.2, 0.25) is 0 Å². The maximum absolute atomic E-state index is 14.0. The summed E-state index contributed by atoms with van der Waals surface area (Å²) in [5.74, 6) is 0.363. The van der Waals surface area contributed by atoms with E-state index in [-0.39, 0.29) is 29.2 Å². The first kappa shape index (κ1) is 30.1. The van der Waals surface area contributed by atoms with Crippen LogP contribution in [0.5, 0.6) is 0 Å². The van der Waals surface area contributed by atoms with Crippen molar-refractivity contribution in [2.24, 2.45) is 5.92 Å². The maximum atomic E-state index is 14.0. The normalized spacial score (nSPS) is 11.1. The Bertz CT molecular complexity index is 1310. The molecule has 3 aromatic rings. The van der Waals surface area contributed by atoms with Gasteiger partial charge in [-0.1, -0.05) is 25.4 Å². The summed E-state index contributed by atoms with van der Waals surface area (Å²) < 4.78 is 22.3. The number of ether oxygens (including phenoxy) is 1. The number of nitrogens with two attached hydrogens (primary N) is 1. The van der Waals surface area contributed by atoms with E-state index in [1.165, 1.54) is 12.1 Å². The number of esters is 1. The number of halogens is 2. The third-order valence-electron chi connectivity index (χ3n) is 5.60. The molecule has 2 aromatic carbocycles. The van der Waals surface area contributed by atoms with Crippen molar-refractivity contribution < 1.29 is 13.9 Å². The maximum Gasteiger partial charge on any atom is 0.308 e. The summed E-state index contributed by atoms with van der Waals surface area (Å²) in [4.78, 5) is 23.1. The van der Waals surface area contributed by atoms with Crippen molar-refractivity contribution in [1.82, 2.24) is 14.9 Å². The van der Waals surface area contributed by atoms with Crippen LogP contribution in [0.3, 0.4) is 0 Å². The van der Waals surface area contributed by atoms with Gasteiger partial charge in [0, 0.05) is 41.6 Å². The summed E-state index contributed by atoms with van der Waals surface area (Å²) in [5.41, 5.74) is 8.41. The second kappa shape index (κ2) is 14.1. The van der Waals surface area contributed by atoms with Gasteiger partial charge in [0.05, 0.1) is 16.4 Å². The summed E-state index contributed by atoms with van der Waals surface area (Å²) in [5, 5.41) is 11.9. The van der Waals surface area contributed by atoms with Crippen LogP contribution in [0.15, 0.2) is 47.4 Å². The lowest BCUT2D eigenvalue weighted by Gasteiger charge is -2.19. The van der Waals surface area contributed by atoms with Gasteiger partial charge in [-0.3, -0.25) is 4.79 Å². The number of anilines is 3. The van der Waals surface area contributed by atoms with E-state index in [1.807, 2.05) is 36.2 Å². The van der Waals surface area contributed by atoms with Crippen molar-refractivity contribution >= 4 is 52.6 Å². The third-order valence-corrected chi connectivity index (χ3v) is 6.71. The Morgan fingerprint density at radius 3 is 2.59 bits per heavy atom. The summed E-state index contributed by atoms with van der Waals surface area (Å²) in [6.07, 6.45) is 0. The van der Waals surface area contributed by atoms with Gasteiger partial charge < -0.3 is 30.8 Å². The molecule has 12 heteroatoms. The summed E-state index contributed by atoms with van der Waals surface area (Å²) >= 11 is 7.08. The quantitative estimate of drug-likeness (QED) is 0.118. The van der Waals surface area contributed by atoms with Crippen molar-refractivity contribution in [3.8, 4) is 11.4 Å². The number of carbonyl (C=O) groups is 1. The Morgan fingerprint density at radius 2 is 1.92 bits per heavy atom. The van der Waals surface area contributed by atoms with E-state index in [0.29, 0.717) is 53.4 Å². The third kappa shape index (κ3) is 8.81. The molecule has 0 fully saturated rings. The van der Waals surface area contributed by atoms with Crippen LogP contribution in [-0.4, -0.2) is 59.8 Å². The summed E-state index contributed by atoms with van der Waals surface area (Å²) in [6, 6.07) is 11.7. The van der Waals surface area contributed by atoms with Gasteiger partial charge in [-0.15, -0.1) is 0 Å². The van der Waals surface area contributed by atoms with Crippen LogP contribution < -0.4 is 15.8 Å². The molecule has 39 heavy (non-hydrogen) atoms. The van der Waals surface area contributed by atoms with Gasteiger partial charge in [0.1, 0.15) is 24.1 Å². The molecule has 0 aliphatic carbocycles. The Hall–Kier alpha value is -3.41. The fourth-order valence-electron chi connectivity index (χ4n) is 3.41. The molecule has 0 unspecified atom stereocenters. The fourth-order valence-corrected chi connectivity index (χ4v) is 4.36. The SMILES string of the molecule is CC(=N)c1c(N)nc(-c2ccc(NSc3cc(Cl)ccc3F)cc2)nc1NCCN(C)CCOC(=O)C(C)C. The van der Waals surface area contributed by atoms with E-state index in [2.05, 4.69) is 20.0 Å².